The van der Waals surface area contributed by atoms with Gasteiger partial charge in [-0.2, -0.15) is 0 Å². The normalized spacial score (nSPS) is 23.2. The predicted octanol–water partition coefficient (Wildman–Crippen LogP) is -0.453. The Balaban J connectivity index is 0.000001000. The van der Waals surface area contributed by atoms with Gasteiger partial charge in [-0.3, -0.25) is 9.59 Å². The molecule has 0 aromatic heterocycles. The van der Waals surface area contributed by atoms with E-state index in [2.05, 4.69) is 0 Å². The molecule has 61 valence electrons. The zero-order chi connectivity index (χ0) is 7.72. The topological polar surface area (TPSA) is 57.6 Å². The summed E-state index contributed by atoms with van der Waals surface area (Å²) in [6, 6.07) is 0. The molecule has 1 unspecified atom stereocenters. The van der Waals surface area contributed by atoms with E-state index in [-0.39, 0.29) is 30.9 Å². The average Bonchev–Trinajstić information content (AvgIpc) is 2.13. The van der Waals surface area contributed by atoms with Crippen LogP contribution in [0.15, 0.2) is 0 Å². The molecule has 0 spiro atoms. The van der Waals surface area contributed by atoms with E-state index in [1.54, 1.807) is 7.05 Å². The second kappa shape index (κ2) is 3.78. The van der Waals surface area contributed by atoms with Gasteiger partial charge in [-0.1, -0.05) is 0 Å². The molecule has 1 N–H and O–H groups in total. The van der Waals surface area contributed by atoms with Gasteiger partial charge >= 0.3 is 5.97 Å². The van der Waals surface area contributed by atoms with E-state index in [1.165, 1.54) is 4.90 Å². The monoisotopic (exact) mass is 194 g/mol. The summed E-state index contributed by atoms with van der Waals surface area (Å²) < 4.78 is 0. The number of carbonyl (C=O) groups is 2. The van der Waals surface area contributed by atoms with Gasteiger partial charge in [0, 0.05) is 38.6 Å². The number of hydrogen-bond acceptors (Lipinski definition) is 2. The number of aliphatic carboxylic acids is 1. The Bertz CT molecular complexity index is 183. The van der Waals surface area contributed by atoms with Gasteiger partial charge in [0.15, 0.2) is 0 Å². The van der Waals surface area contributed by atoms with Gasteiger partial charge in [0.05, 0.1) is 5.92 Å². The number of hydrogen-bond donors (Lipinski definition) is 1. The van der Waals surface area contributed by atoms with Crippen molar-refractivity contribution >= 4 is 11.9 Å². The van der Waals surface area contributed by atoms with Gasteiger partial charge in [-0.05, 0) is 0 Å². The van der Waals surface area contributed by atoms with Crippen molar-refractivity contribution in [3.05, 3.63) is 0 Å². The standard InChI is InChI=1S/C6H9NO3.V/c1-7-3-4(6(9)10)2-5(7)8;/h4H,2-3H2,1H3,(H,9,10);. The van der Waals surface area contributed by atoms with E-state index in [9.17, 15) is 9.59 Å². The summed E-state index contributed by atoms with van der Waals surface area (Å²) in [4.78, 5) is 22.5. The smallest absolute Gasteiger partial charge is 0.308 e. The first-order valence-corrected chi connectivity index (χ1v) is 3.08. The molecule has 1 aliphatic rings. The second-order valence-electron chi connectivity index (χ2n) is 2.51. The van der Waals surface area contributed by atoms with Crippen molar-refractivity contribution in [2.75, 3.05) is 13.6 Å². The maximum Gasteiger partial charge on any atom is 0.308 e. The Morgan fingerprint density at radius 2 is 2.27 bits per heavy atom. The van der Waals surface area contributed by atoms with Crippen molar-refractivity contribution in [1.29, 1.82) is 0 Å². The molecule has 1 amide bonds. The third-order valence-corrected chi connectivity index (χ3v) is 1.69. The fourth-order valence-corrected chi connectivity index (χ4v) is 1.03. The predicted molar refractivity (Wildman–Crippen MR) is 33.4 cm³/mol. The first kappa shape index (κ1) is 10.5. The molecule has 1 rings (SSSR count). The molecular weight excluding hydrogens is 185 g/mol. The SMILES string of the molecule is CN1CC(C(=O)O)CC1=O.[V]. The van der Waals surface area contributed by atoms with Crippen LogP contribution in [0, 0.1) is 5.92 Å². The van der Waals surface area contributed by atoms with Crippen molar-refractivity contribution in [2.24, 2.45) is 5.92 Å². The fourth-order valence-electron chi connectivity index (χ4n) is 1.03. The van der Waals surface area contributed by atoms with E-state index >= 15 is 0 Å². The molecular formula is C6H9NO3V. The zero-order valence-electron chi connectivity index (χ0n) is 6.15. The van der Waals surface area contributed by atoms with Crippen LogP contribution in [0.1, 0.15) is 6.42 Å². The summed E-state index contributed by atoms with van der Waals surface area (Å²) in [6.45, 7) is 0.355. The quantitative estimate of drug-likeness (QED) is 0.614. The second-order valence-corrected chi connectivity index (χ2v) is 2.51. The molecule has 1 atom stereocenters. The molecule has 11 heavy (non-hydrogen) atoms. The maximum atomic E-state index is 10.8. The number of carbonyl (C=O) groups excluding carboxylic acids is 1. The average molecular weight is 194 g/mol. The molecule has 5 heteroatoms. The third kappa shape index (κ3) is 2.24. The van der Waals surface area contributed by atoms with Crippen LogP contribution in [-0.4, -0.2) is 35.5 Å². The van der Waals surface area contributed by atoms with Gasteiger partial charge in [0.25, 0.3) is 0 Å². The van der Waals surface area contributed by atoms with Gasteiger partial charge in [-0.25, -0.2) is 0 Å². The van der Waals surface area contributed by atoms with Crippen molar-refractivity contribution in [3.8, 4) is 0 Å². The minimum Gasteiger partial charge on any atom is -0.481 e. The molecule has 0 aromatic rings. The van der Waals surface area contributed by atoms with E-state index in [4.69, 9.17) is 5.11 Å². The summed E-state index contributed by atoms with van der Waals surface area (Å²) in [7, 11) is 1.62. The number of carboxylic acids is 1. The molecule has 1 saturated heterocycles. The molecule has 0 aliphatic carbocycles. The van der Waals surface area contributed by atoms with Crippen molar-refractivity contribution in [1.82, 2.24) is 4.90 Å². The molecule has 4 nitrogen and oxygen atoms in total. The van der Waals surface area contributed by atoms with Crippen LogP contribution in [0.5, 0.6) is 0 Å². The Morgan fingerprint density at radius 1 is 1.73 bits per heavy atom. The number of carboxylic acid groups (broad SMARTS) is 1. The third-order valence-electron chi connectivity index (χ3n) is 1.69. The first-order valence-electron chi connectivity index (χ1n) is 3.08. The van der Waals surface area contributed by atoms with Crippen LogP contribution in [-0.2, 0) is 28.1 Å². The van der Waals surface area contributed by atoms with Crippen LogP contribution in [0.25, 0.3) is 0 Å². The summed E-state index contributed by atoms with van der Waals surface area (Å²) in [6.07, 6.45) is 0.159. The van der Waals surface area contributed by atoms with Crippen molar-refractivity contribution < 1.29 is 33.3 Å². The van der Waals surface area contributed by atoms with Crippen molar-refractivity contribution in [3.63, 3.8) is 0 Å². The number of amides is 1. The Kier molecular flexibility index (Phi) is 3.62. The minimum atomic E-state index is -0.877. The van der Waals surface area contributed by atoms with E-state index in [0.717, 1.165) is 0 Å². The summed E-state index contributed by atoms with van der Waals surface area (Å²) >= 11 is 0. The number of rotatable bonds is 1. The largest absolute Gasteiger partial charge is 0.481 e. The number of nitrogens with zero attached hydrogens (tertiary/aromatic N) is 1. The van der Waals surface area contributed by atoms with Gasteiger partial charge in [0.2, 0.25) is 5.91 Å². The molecule has 0 saturated carbocycles. The van der Waals surface area contributed by atoms with Gasteiger partial charge in [0.1, 0.15) is 0 Å². The van der Waals surface area contributed by atoms with E-state index in [0.29, 0.717) is 6.54 Å². The molecule has 0 aromatic carbocycles. The zero-order valence-corrected chi connectivity index (χ0v) is 7.55. The summed E-state index contributed by atoms with van der Waals surface area (Å²) in [5, 5.41) is 8.47. The molecule has 1 heterocycles. The Labute approximate surface area is 76.4 Å². The summed E-state index contributed by atoms with van der Waals surface area (Å²) in [5.41, 5.74) is 0. The molecule has 1 fully saturated rings. The van der Waals surface area contributed by atoms with Crippen LogP contribution < -0.4 is 0 Å². The van der Waals surface area contributed by atoms with E-state index < -0.39 is 11.9 Å². The van der Waals surface area contributed by atoms with Gasteiger partial charge < -0.3 is 10.0 Å². The molecule has 1 radical (unpaired) electrons. The van der Waals surface area contributed by atoms with Crippen LogP contribution in [0.3, 0.4) is 0 Å². The Morgan fingerprint density at radius 3 is 2.45 bits per heavy atom. The van der Waals surface area contributed by atoms with Crippen molar-refractivity contribution in [2.45, 2.75) is 6.42 Å². The summed E-state index contributed by atoms with van der Waals surface area (Å²) in [5.74, 6) is -1.44. The van der Waals surface area contributed by atoms with E-state index in [1.807, 2.05) is 0 Å². The van der Waals surface area contributed by atoms with Crippen LogP contribution in [0.2, 0.25) is 0 Å². The maximum absolute atomic E-state index is 10.8. The first-order chi connectivity index (χ1) is 4.61. The van der Waals surface area contributed by atoms with Crippen LogP contribution in [0.4, 0.5) is 0 Å². The molecule has 1 aliphatic heterocycles. The number of likely N-dealkylation sites (tertiary alicyclic amines) is 1. The van der Waals surface area contributed by atoms with Crippen LogP contribution >= 0.6 is 0 Å². The molecule has 0 bridgehead atoms. The van der Waals surface area contributed by atoms with Gasteiger partial charge in [-0.15, -0.1) is 0 Å². The Hall–Kier alpha value is -0.476. The fraction of sp³-hybridized carbons (Fsp3) is 0.667. The minimum absolute atomic E-state index is 0.